The van der Waals surface area contributed by atoms with Gasteiger partial charge in [-0.3, -0.25) is 9.59 Å². The van der Waals surface area contributed by atoms with Crippen molar-refractivity contribution in [3.63, 3.8) is 0 Å². The largest absolute Gasteiger partial charge is 0.350 e. The van der Waals surface area contributed by atoms with Crippen LogP contribution in [0, 0.1) is 6.92 Å². The van der Waals surface area contributed by atoms with E-state index in [-0.39, 0.29) is 17.9 Å². The van der Waals surface area contributed by atoms with E-state index in [1.807, 2.05) is 11.8 Å². The molecule has 0 bridgehead atoms. The summed E-state index contributed by atoms with van der Waals surface area (Å²) >= 11 is 3.31. The molecule has 2 N–H and O–H groups in total. The van der Waals surface area contributed by atoms with Crippen molar-refractivity contribution in [2.45, 2.75) is 19.4 Å². The number of hydrogen-bond donors (Lipinski definition) is 2. The summed E-state index contributed by atoms with van der Waals surface area (Å²) in [6.07, 6.45) is 5.41. The lowest BCUT2D eigenvalue weighted by molar-refractivity contribution is -0.111. The molecular formula is C19H20BrN5O2. The van der Waals surface area contributed by atoms with Gasteiger partial charge in [-0.1, -0.05) is 6.58 Å². The first-order valence-electron chi connectivity index (χ1n) is 8.53. The van der Waals surface area contributed by atoms with Crippen LogP contribution in [0.4, 0.5) is 11.6 Å². The van der Waals surface area contributed by atoms with Crippen molar-refractivity contribution >= 4 is 39.4 Å². The predicted octanol–water partition coefficient (Wildman–Crippen LogP) is 3.00. The summed E-state index contributed by atoms with van der Waals surface area (Å²) in [7, 11) is 0. The predicted molar refractivity (Wildman–Crippen MR) is 108 cm³/mol. The van der Waals surface area contributed by atoms with Gasteiger partial charge >= 0.3 is 0 Å². The lowest BCUT2D eigenvalue weighted by atomic mass is 10.1. The SMILES string of the molecule is C=CC(=O)Nc1ccc(C(=O)N2CC[C@H](Nc3ncc(Br)cn3)C2)cc1C. The number of nitrogens with zero attached hydrogens (tertiary/aromatic N) is 3. The molecule has 1 aliphatic heterocycles. The fourth-order valence-electron chi connectivity index (χ4n) is 2.94. The van der Waals surface area contributed by atoms with Gasteiger partial charge in [-0.25, -0.2) is 9.97 Å². The number of benzene rings is 1. The molecule has 2 aromatic rings. The summed E-state index contributed by atoms with van der Waals surface area (Å²) in [5.41, 5.74) is 2.10. The highest BCUT2D eigenvalue weighted by Crippen LogP contribution is 2.21. The van der Waals surface area contributed by atoms with Crippen LogP contribution in [0.2, 0.25) is 0 Å². The second-order valence-electron chi connectivity index (χ2n) is 6.33. The van der Waals surface area contributed by atoms with E-state index in [0.29, 0.717) is 30.3 Å². The van der Waals surface area contributed by atoms with E-state index in [1.54, 1.807) is 30.6 Å². The Morgan fingerprint density at radius 1 is 1.33 bits per heavy atom. The molecule has 2 heterocycles. The third kappa shape index (κ3) is 4.71. The minimum Gasteiger partial charge on any atom is -0.350 e. The standard InChI is InChI=1S/C19H20BrN5O2/c1-3-17(26)24-16-5-4-13(8-12(16)2)18(27)25-7-6-15(11-25)23-19-21-9-14(20)10-22-19/h3-5,8-10,15H,1,6-7,11H2,2H3,(H,24,26)(H,21,22,23)/t15-/m0/s1. The fraction of sp³-hybridized carbons (Fsp3) is 0.263. The van der Waals surface area contributed by atoms with Gasteiger partial charge in [-0.05, 0) is 59.1 Å². The van der Waals surface area contributed by atoms with Gasteiger partial charge in [-0.2, -0.15) is 0 Å². The molecule has 0 unspecified atom stereocenters. The summed E-state index contributed by atoms with van der Waals surface area (Å²) in [4.78, 5) is 34.5. The highest BCUT2D eigenvalue weighted by Gasteiger charge is 2.27. The van der Waals surface area contributed by atoms with Gasteiger partial charge in [0.15, 0.2) is 0 Å². The smallest absolute Gasteiger partial charge is 0.253 e. The molecule has 1 aliphatic rings. The van der Waals surface area contributed by atoms with E-state index >= 15 is 0 Å². The molecule has 0 saturated carbocycles. The molecule has 2 amide bonds. The Kier molecular flexibility index (Phi) is 5.85. The van der Waals surface area contributed by atoms with Crippen LogP contribution in [0.3, 0.4) is 0 Å². The van der Waals surface area contributed by atoms with E-state index in [1.165, 1.54) is 6.08 Å². The van der Waals surface area contributed by atoms with E-state index in [0.717, 1.165) is 16.5 Å². The number of aromatic nitrogens is 2. The molecule has 0 radical (unpaired) electrons. The second-order valence-corrected chi connectivity index (χ2v) is 7.24. The number of nitrogens with one attached hydrogen (secondary N) is 2. The molecule has 27 heavy (non-hydrogen) atoms. The Morgan fingerprint density at radius 2 is 2.07 bits per heavy atom. The summed E-state index contributed by atoms with van der Waals surface area (Å²) in [5.74, 6) is 0.247. The minimum absolute atomic E-state index is 0.0271. The molecule has 3 rings (SSSR count). The fourth-order valence-corrected chi connectivity index (χ4v) is 3.14. The average Bonchev–Trinajstić information content (AvgIpc) is 3.13. The molecule has 140 valence electrons. The lowest BCUT2D eigenvalue weighted by Gasteiger charge is -2.18. The van der Waals surface area contributed by atoms with Crippen molar-refractivity contribution in [3.8, 4) is 0 Å². The summed E-state index contributed by atoms with van der Waals surface area (Å²) in [6, 6.07) is 5.37. The first-order chi connectivity index (χ1) is 13.0. The number of likely N-dealkylation sites (tertiary alicyclic amines) is 1. The quantitative estimate of drug-likeness (QED) is 0.713. The van der Waals surface area contributed by atoms with Crippen molar-refractivity contribution < 1.29 is 9.59 Å². The third-order valence-corrected chi connectivity index (χ3v) is 4.76. The minimum atomic E-state index is -0.277. The van der Waals surface area contributed by atoms with E-state index in [4.69, 9.17) is 0 Å². The Morgan fingerprint density at radius 3 is 2.74 bits per heavy atom. The normalized spacial score (nSPS) is 16.1. The van der Waals surface area contributed by atoms with Crippen molar-refractivity contribution in [3.05, 3.63) is 58.8 Å². The highest BCUT2D eigenvalue weighted by atomic mass is 79.9. The number of carbonyl (C=O) groups is 2. The Labute approximate surface area is 166 Å². The Hall–Kier alpha value is -2.74. The summed E-state index contributed by atoms with van der Waals surface area (Å²) < 4.78 is 0.819. The molecule has 1 saturated heterocycles. The lowest BCUT2D eigenvalue weighted by Crippen LogP contribution is -2.32. The van der Waals surface area contributed by atoms with Crippen molar-refractivity contribution in [2.24, 2.45) is 0 Å². The Balaban J connectivity index is 1.62. The molecule has 1 aromatic heterocycles. The van der Waals surface area contributed by atoms with Crippen LogP contribution in [-0.2, 0) is 4.79 Å². The maximum Gasteiger partial charge on any atom is 0.253 e. The number of hydrogen-bond acceptors (Lipinski definition) is 5. The summed E-state index contributed by atoms with van der Waals surface area (Å²) in [6.45, 7) is 6.55. The van der Waals surface area contributed by atoms with Crippen LogP contribution in [-0.4, -0.2) is 45.8 Å². The molecular weight excluding hydrogens is 410 g/mol. The zero-order valence-corrected chi connectivity index (χ0v) is 16.5. The average molecular weight is 430 g/mol. The number of anilines is 2. The molecule has 8 heteroatoms. The summed E-state index contributed by atoms with van der Waals surface area (Å²) in [5, 5.41) is 5.98. The monoisotopic (exact) mass is 429 g/mol. The molecule has 0 aliphatic carbocycles. The van der Waals surface area contributed by atoms with Crippen molar-refractivity contribution in [2.75, 3.05) is 23.7 Å². The van der Waals surface area contributed by atoms with Crippen LogP contribution in [0.25, 0.3) is 0 Å². The molecule has 7 nitrogen and oxygen atoms in total. The van der Waals surface area contributed by atoms with Gasteiger partial charge in [0.1, 0.15) is 0 Å². The topological polar surface area (TPSA) is 87.2 Å². The number of halogens is 1. The van der Waals surface area contributed by atoms with Crippen LogP contribution < -0.4 is 10.6 Å². The van der Waals surface area contributed by atoms with Gasteiger partial charge in [0, 0.05) is 42.8 Å². The first kappa shape index (κ1) is 19.0. The van der Waals surface area contributed by atoms with Crippen LogP contribution in [0.5, 0.6) is 0 Å². The zero-order valence-electron chi connectivity index (χ0n) is 14.9. The van der Waals surface area contributed by atoms with Gasteiger partial charge in [0.25, 0.3) is 5.91 Å². The van der Waals surface area contributed by atoms with Crippen LogP contribution >= 0.6 is 15.9 Å². The van der Waals surface area contributed by atoms with Gasteiger partial charge in [0.2, 0.25) is 11.9 Å². The first-order valence-corrected chi connectivity index (χ1v) is 9.33. The number of amides is 2. The molecule has 1 atom stereocenters. The van der Waals surface area contributed by atoms with Gasteiger partial charge < -0.3 is 15.5 Å². The van der Waals surface area contributed by atoms with Crippen LogP contribution in [0.1, 0.15) is 22.3 Å². The zero-order chi connectivity index (χ0) is 19.4. The molecule has 1 fully saturated rings. The van der Waals surface area contributed by atoms with Crippen molar-refractivity contribution in [1.82, 2.24) is 14.9 Å². The molecule has 0 spiro atoms. The Bertz CT molecular complexity index is 869. The van der Waals surface area contributed by atoms with E-state index in [9.17, 15) is 9.59 Å². The van der Waals surface area contributed by atoms with E-state index in [2.05, 4.69) is 43.1 Å². The maximum atomic E-state index is 12.8. The van der Waals surface area contributed by atoms with Gasteiger partial charge in [-0.15, -0.1) is 0 Å². The van der Waals surface area contributed by atoms with E-state index < -0.39 is 0 Å². The van der Waals surface area contributed by atoms with Crippen LogP contribution in [0.15, 0.2) is 47.7 Å². The maximum absolute atomic E-state index is 12.8. The number of aryl methyl sites for hydroxylation is 1. The van der Waals surface area contributed by atoms with Gasteiger partial charge in [0.05, 0.1) is 4.47 Å². The second kappa shape index (κ2) is 8.30. The third-order valence-electron chi connectivity index (χ3n) is 4.35. The number of carbonyl (C=O) groups excluding carboxylic acids is 2. The number of rotatable bonds is 5. The molecule has 1 aromatic carbocycles. The van der Waals surface area contributed by atoms with Crippen molar-refractivity contribution in [1.29, 1.82) is 0 Å². The highest BCUT2D eigenvalue weighted by molar-refractivity contribution is 9.10.